The van der Waals surface area contributed by atoms with E-state index >= 15 is 0 Å². The summed E-state index contributed by atoms with van der Waals surface area (Å²) in [5, 5.41) is 0.886. The summed E-state index contributed by atoms with van der Waals surface area (Å²) in [5.41, 5.74) is 2.23. The summed E-state index contributed by atoms with van der Waals surface area (Å²) in [6.45, 7) is 4.72. The van der Waals surface area contributed by atoms with Gasteiger partial charge in [0, 0.05) is 17.9 Å². The van der Waals surface area contributed by atoms with Crippen molar-refractivity contribution in [1.82, 2.24) is 4.90 Å². The van der Waals surface area contributed by atoms with Crippen LogP contribution in [0, 0.1) is 0 Å². The monoisotopic (exact) mass is 413 g/mol. The van der Waals surface area contributed by atoms with E-state index in [-0.39, 0.29) is 0 Å². The lowest BCUT2D eigenvalue weighted by Crippen LogP contribution is -2.58. The normalized spacial score (nSPS) is 14.3. The van der Waals surface area contributed by atoms with Crippen molar-refractivity contribution in [3.05, 3.63) is 48.5 Å². The summed E-state index contributed by atoms with van der Waals surface area (Å²) in [6.07, 6.45) is 4.90. The Morgan fingerprint density at radius 1 is 0.793 bits per heavy atom. The fourth-order valence-corrected chi connectivity index (χ4v) is 3.83. The van der Waals surface area contributed by atoms with Gasteiger partial charge < -0.3 is 24.2 Å². The Morgan fingerprint density at radius 2 is 1.38 bits per heavy atom. The average Bonchev–Trinajstić information content (AvgIpc) is 2.78. The molecule has 3 rings (SSSR count). The predicted molar refractivity (Wildman–Crippen MR) is 124 cm³/mol. The second kappa shape index (κ2) is 10.3. The molecule has 5 nitrogen and oxygen atoms in total. The zero-order valence-electron chi connectivity index (χ0n) is 17.6. The first-order chi connectivity index (χ1) is 14.2. The smallest absolute Gasteiger partial charge is 0.179 e. The van der Waals surface area contributed by atoms with Gasteiger partial charge >= 0.3 is 0 Å². The molecule has 1 saturated heterocycles. The minimum absolute atomic E-state index is 0.711. The summed E-state index contributed by atoms with van der Waals surface area (Å²) in [4.78, 5) is 6.85. The van der Waals surface area contributed by atoms with Gasteiger partial charge in [0.05, 0.1) is 27.6 Å². The van der Waals surface area contributed by atoms with Gasteiger partial charge in [-0.3, -0.25) is 0 Å². The highest BCUT2D eigenvalue weighted by atomic mass is 32.1. The van der Waals surface area contributed by atoms with E-state index < -0.39 is 0 Å². The van der Waals surface area contributed by atoms with E-state index in [2.05, 4.69) is 45.9 Å². The molecule has 0 spiro atoms. The summed E-state index contributed by atoms with van der Waals surface area (Å²) in [7, 11) is 3.38. The molecule has 29 heavy (non-hydrogen) atoms. The van der Waals surface area contributed by atoms with Crippen molar-refractivity contribution in [2.24, 2.45) is 0 Å². The fraction of sp³-hybridized carbons (Fsp3) is 0.435. The van der Waals surface area contributed by atoms with Crippen LogP contribution < -0.4 is 19.3 Å². The first kappa shape index (κ1) is 21.2. The SMILES string of the molecule is CCCCCCN1CN(c2ccc(OC)cc2)CN(c2ccc(OC)cc2)C1=S. The molecular formula is C23H31N3O2S. The number of methoxy groups -OCH3 is 2. The van der Waals surface area contributed by atoms with Crippen LogP contribution in [0.15, 0.2) is 48.5 Å². The van der Waals surface area contributed by atoms with Gasteiger partial charge in [-0.2, -0.15) is 0 Å². The van der Waals surface area contributed by atoms with Crippen molar-refractivity contribution in [2.45, 2.75) is 32.6 Å². The molecule has 0 saturated carbocycles. The second-order valence-electron chi connectivity index (χ2n) is 7.25. The first-order valence-electron chi connectivity index (χ1n) is 10.3. The van der Waals surface area contributed by atoms with Crippen LogP contribution in [-0.2, 0) is 0 Å². The molecule has 0 unspecified atom stereocenters. The third-order valence-electron chi connectivity index (χ3n) is 5.26. The van der Waals surface area contributed by atoms with Gasteiger partial charge in [-0.05, 0) is 67.2 Å². The standard InChI is InChI=1S/C23H31N3O2S/c1-4-5-6-7-16-24-17-25(19-8-12-21(27-2)13-9-19)18-26(23(24)29)20-10-14-22(28-3)15-11-20/h8-15H,4-7,16-18H2,1-3H3. The van der Waals surface area contributed by atoms with Crippen LogP contribution in [0.2, 0.25) is 0 Å². The summed E-state index contributed by atoms with van der Waals surface area (Å²) < 4.78 is 10.6. The van der Waals surface area contributed by atoms with E-state index in [0.717, 1.165) is 47.6 Å². The molecule has 1 heterocycles. The molecule has 0 atom stereocenters. The Balaban J connectivity index is 1.81. The number of benzene rings is 2. The molecule has 0 radical (unpaired) electrons. The molecule has 0 amide bonds. The summed E-state index contributed by atoms with van der Waals surface area (Å²) in [5.74, 6) is 1.71. The Morgan fingerprint density at radius 3 is 1.93 bits per heavy atom. The second-order valence-corrected chi connectivity index (χ2v) is 7.62. The number of ether oxygens (including phenoxy) is 2. The number of nitrogens with zero attached hydrogens (tertiary/aromatic N) is 3. The van der Waals surface area contributed by atoms with Crippen molar-refractivity contribution in [2.75, 3.05) is 43.9 Å². The molecule has 6 heteroatoms. The van der Waals surface area contributed by atoms with Crippen LogP contribution in [0.25, 0.3) is 0 Å². The molecule has 0 N–H and O–H groups in total. The molecule has 1 aliphatic heterocycles. The Kier molecular flexibility index (Phi) is 7.58. The highest BCUT2D eigenvalue weighted by Crippen LogP contribution is 2.27. The molecule has 1 fully saturated rings. The summed E-state index contributed by atoms with van der Waals surface area (Å²) in [6, 6.07) is 16.3. The van der Waals surface area contributed by atoms with Crippen molar-refractivity contribution in [3.8, 4) is 11.5 Å². The maximum Gasteiger partial charge on any atom is 0.179 e. The minimum Gasteiger partial charge on any atom is -0.497 e. The number of unbranched alkanes of at least 4 members (excludes halogenated alkanes) is 3. The molecule has 2 aromatic rings. The van der Waals surface area contributed by atoms with Gasteiger partial charge in [0.15, 0.2) is 5.11 Å². The largest absolute Gasteiger partial charge is 0.497 e. The zero-order chi connectivity index (χ0) is 20.6. The number of rotatable bonds is 9. The number of anilines is 2. The van der Waals surface area contributed by atoms with Crippen LogP contribution in [0.5, 0.6) is 11.5 Å². The Hall–Kier alpha value is -2.47. The quantitative estimate of drug-likeness (QED) is 0.419. The maximum atomic E-state index is 5.89. The van der Waals surface area contributed by atoms with Gasteiger partial charge in [-0.25, -0.2) is 0 Å². The lowest BCUT2D eigenvalue weighted by molar-refractivity contribution is 0.376. The van der Waals surface area contributed by atoms with Gasteiger partial charge in [0.25, 0.3) is 0 Å². The van der Waals surface area contributed by atoms with E-state index in [1.807, 2.05) is 24.3 Å². The van der Waals surface area contributed by atoms with Gasteiger partial charge in [0.1, 0.15) is 11.5 Å². The molecule has 156 valence electrons. The average molecular weight is 414 g/mol. The predicted octanol–water partition coefficient (Wildman–Crippen LogP) is 5.11. The van der Waals surface area contributed by atoms with E-state index in [1.165, 1.54) is 19.3 Å². The van der Waals surface area contributed by atoms with E-state index in [4.69, 9.17) is 21.7 Å². The molecule has 0 aliphatic carbocycles. The number of hydrogen-bond donors (Lipinski definition) is 0. The zero-order valence-corrected chi connectivity index (χ0v) is 18.5. The van der Waals surface area contributed by atoms with Crippen LogP contribution in [0.3, 0.4) is 0 Å². The number of thiocarbonyl (C=S) groups is 1. The van der Waals surface area contributed by atoms with Crippen LogP contribution in [0.4, 0.5) is 11.4 Å². The Bertz CT molecular complexity index is 780. The molecule has 2 aromatic carbocycles. The van der Waals surface area contributed by atoms with E-state index in [1.54, 1.807) is 14.2 Å². The van der Waals surface area contributed by atoms with Crippen LogP contribution in [0.1, 0.15) is 32.6 Å². The van der Waals surface area contributed by atoms with Gasteiger partial charge in [0.2, 0.25) is 0 Å². The van der Waals surface area contributed by atoms with Crippen molar-refractivity contribution < 1.29 is 9.47 Å². The molecule has 1 aliphatic rings. The maximum absolute atomic E-state index is 5.89. The van der Waals surface area contributed by atoms with Crippen molar-refractivity contribution >= 4 is 28.7 Å². The Labute approximate surface area is 179 Å². The van der Waals surface area contributed by atoms with Crippen LogP contribution >= 0.6 is 12.2 Å². The van der Waals surface area contributed by atoms with Crippen LogP contribution in [-0.4, -0.2) is 44.1 Å². The van der Waals surface area contributed by atoms with E-state index in [0.29, 0.717) is 6.67 Å². The minimum atomic E-state index is 0.711. The fourth-order valence-electron chi connectivity index (χ4n) is 3.52. The van der Waals surface area contributed by atoms with E-state index in [9.17, 15) is 0 Å². The highest BCUT2D eigenvalue weighted by Gasteiger charge is 2.28. The highest BCUT2D eigenvalue weighted by molar-refractivity contribution is 7.80. The topological polar surface area (TPSA) is 28.2 Å². The summed E-state index contributed by atoms with van der Waals surface area (Å²) >= 11 is 5.89. The third kappa shape index (κ3) is 5.32. The third-order valence-corrected chi connectivity index (χ3v) is 5.74. The lowest BCUT2D eigenvalue weighted by atomic mass is 10.2. The molecular weight excluding hydrogens is 382 g/mol. The van der Waals surface area contributed by atoms with Crippen molar-refractivity contribution in [3.63, 3.8) is 0 Å². The van der Waals surface area contributed by atoms with Crippen molar-refractivity contribution in [1.29, 1.82) is 0 Å². The van der Waals surface area contributed by atoms with Gasteiger partial charge in [-0.1, -0.05) is 26.2 Å². The number of hydrogen-bond acceptors (Lipinski definition) is 4. The molecule has 0 aromatic heterocycles. The molecule has 0 bridgehead atoms. The first-order valence-corrected chi connectivity index (χ1v) is 10.7. The lowest BCUT2D eigenvalue weighted by Gasteiger charge is -2.45. The van der Waals surface area contributed by atoms with Gasteiger partial charge in [-0.15, -0.1) is 0 Å².